The zero-order valence-electron chi connectivity index (χ0n) is 24.1. The molecule has 1 fully saturated rings. The monoisotopic (exact) mass is 692 g/mol. The Balaban J connectivity index is 2.43. The third-order valence-corrected chi connectivity index (χ3v) is 7.19. The van der Waals surface area contributed by atoms with E-state index in [1.165, 1.54) is 0 Å². The van der Waals surface area contributed by atoms with E-state index in [4.69, 9.17) is 22.2 Å². The molecule has 0 bridgehead atoms. The van der Waals surface area contributed by atoms with Gasteiger partial charge in [0.2, 0.25) is 0 Å². The summed E-state index contributed by atoms with van der Waals surface area (Å²) in [5, 5.41) is 75.5. The molecule has 0 amide bonds. The third-order valence-electron chi connectivity index (χ3n) is 7.19. The molecule has 1 saturated carbocycles. The van der Waals surface area contributed by atoms with Crippen LogP contribution >= 0.6 is 0 Å². The second-order valence-corrected chi connectivity index (χ2v) is 9.49. The third kappa shape index (κ3) is 4.92. The van der Waals surface area contributed by atoms with Gasteiger partial charge in [-0.2, -0.15) is 42.1 Å². The summed E-state index contributed by atoms with van der Waals surface area (Å²) in [4.78, 5) is 0. The first kappa shape index (κ1) is 35.6. The molecule has 0 aliphatic heterocycles. The van der Waals surface area contributed by atoms with Crippen molar-refractivity contribution in [1.29, 1.82) is 42.1 Å². The summed E-state index contributed by atoms with van der Waals surface area (Å²) in [6.45, 7) is 0. The van der Waals surface area contributed by atoms with E-state index >= 15 is 26.3 Å². The van der Waals surface area contributed by atoms with Crippen molar-refractivity contribution in [3.63, 3.8) is 0 Å². The van der Waals surface area contributed by atoms with Crippen LogP contribution in [0.1, 0.15) is 50.1 Å². The first-order valence-corrected chi connectivity index (χ1v) is 12.8. The molecule has 17 heteroatoms. The average molecular weight is 692 g/mol. The minimum absolute atomic E-state index is 1.02. The molecule has 0 heterocycles. The van der Waals surface area contributed by atoms with Gasteiger partial charge in [0, 0.05) is 22.3 Å². The van der Waals surface area contributed by atoms with Gasteiger partial charge in [-0.05, 0) is 0 Å². The number of nitrogens with zero attached hydrogens (tertiary/aromatic N) is 8. The van der Waals surface area contributed by atoms with Crippen LogP contribution in [0.25, 0.3) is 16.7 Å². The van der Waals surface area contributed by atoms with Gasteiger partial charge in [0.05, 0.1) is 27.8 Å². The highest BCUT2D eigenvalue weighted by atomic mass is 19.2. The van der Waals surface area contributed by atoms with Gasteiger partial charge >= 0.3 is 0 Å². The van der Waals surface area contributed by atoms with E-state index in [1.807, 2.05) is 0 Å². The maximum Gasteiger partial charge on any atom is 0.178 e. The molecule has 51 heavy (non-hydrogen) atoms. The van der Waals surface area contributed by atoms with Gasteiger partial charge in [0.15, 0.2) is 52.4 Å². The predicted octanol–water partition coefficient (Wildman–Crippen LogP) is 6.52. The van der Waals surface area contributed by atoms with E-state index in [0.717, 1.165) is 48.6 Å². The molecular formula is C34HF9N8. The Morgan fingerprint density at radius 3 is 0.765 bits per heavy atom. The molecule has 0 N–H and O–H groups in total. The summed E-state index contributed by atoms with van der Waals surface area (Å²) in [7, 11) is 0. The zero-order chi connectivity index (χ0) is 38.2. The van der Waals surface area contributed by atoms with Gasteiger partial charge in [0.1, 0.15) is 81.9 Å². The van der Waals surface area contributed by atoms with Crippen molar-refractivity contribution in [1.82, 2.24) is 0 Å². The predicted molar refractivity (Wildman–Crippen MR) is 148 cm³/mol. The molecule has 0 atom stereocenters. The van der Waals surface area contributed by atoms with Gasteiger partial charge in [-0.25, -0.2) is 39.5 Å². The fourth-order valence-corrected chi connectivity index (χ4v) is 4.95. The lowest BCUT2D eigenvalue weighted by molar-refractivity contribution is 0.488. The second-order valence-electron chi connectivity index (χ2n) is 9.49. The van der Waals surface area contributed by atoms with Crippen molar-refractivity contribution in [2.24, 2.45) is 0 Å². The van der Waals surface area contributed by atoms with E-state index in [0.29, 0.717) is 0 Å². The van der Waals surface area contributed by atoms with Crippen LogP contribution in [-0.4, -0.2) is 0 Å². The van der Waals surface area contributed by atoms with Crippen LogP contribution < -0.4 is 0 Å². The molecule has 0 radical (unpaired) electrons. The van der Waals surface area contributed by atoms with Crippen LogP contribution in [0.4, 0.5) is 39.5 Å². The molecule has 4 rings (SSSR count). The highest BCUT2D eigenvalue weighted by Gasteiger charge is 2.45. The normalized spacial score (nSPS) is 14.1. The summed E-state index contributed by atoms with van der Waals surface area (Å²) in [5.74, 6) is -18.4. The van der Waals surface area contributed by atoms with Crippen molar-refractivity contribution < 1.29 is 39.5 Å². The average Bonchev–Trinajstić information content (AvgIpc) is 3.84. The number of hydrogen-bond acceptors (Lipinski definition) is 8. The Hall–Kier alpha value is -8.27. The molecule has 0 saturated heterocycles. The van der Waals surface area contributed by atoms with Crippen molar-refractivity contribution in [3.05, 3.63) is 119 Å². The van der Waals surface area contributed by atoms with Gasteiger partial charge in [0.25, 0.3) is 0 Å². The van der Waals surface area contributed by atoms with Crippen LogP contribution in [0.5, 0.6) is 0 Å². The minimum atomic E-state index is -2.36. The molecule has 0 spiro atoms. The van der Waals surface area contributed by atoms with Crippen molar-refractivity contribution in [3.8, 4) is 60.9 Å². The molecule has 3 aromatic rings. The van der Waals surface area contributed by atoms with E-state index < -0.39 is 136 Å². The standard InChI is InChI=1S/C34HF9N8/c1-2-11(23-26(35)12(3-44)15(6-47)29(38)32(23)41)20-21(18(9-50)24-27(36)13(4-45)16(7-48)30(39)33(24)42)22(20)19(10-51)25-28(37)14(5-46)17(8-49)31(40)34(25)43/h1H/b20-11-,21-18?,22-19-. The van der Waals surface area contributed by atoms with Crippen LogP contribution in [0.3, 0.4) is 0 Å². The largest absolute Gasteiger partial charge is 0.205 e. The SMILES string of the molecule is C#C/C(=C1\C(=C(C#N)c2c(F)c(F)c(C#N)c(C#N)c2F)\C1=C(\C#N)c1c(F)c(F)c(C#N)c(C#N)c1F)c1c(F)c(F)c(C#N)c(C#N)c1F. The zero-order valence-corrected chi connectivity index (χ0v) is 24.1. The lowest BCUT2D eigenvalue weighted by Crippen LogP contribution is -2.06. The Morgan fingerprint density at radius 1 is 0.333 bits per heavy atom. The number of allylic oxidation sites excluding steroid dienone is 6. The molecule has 3 aromatic carbocycles. The first-order valence-electron chi connectivity index (χ1n) is 12.8. The van der Waals surface area contributed by atoms with E-state index in [9.17, 15) is 39.5 Å². The molecule has 0 unspecified atom stereocenters. The number of nitriles is 8. The second kappa shape index (κ2) is 13.1. The van der Waals surface area contributed by atoms with E-state index in [1.54, 1.807) is 5.92 Å². The van der Waals surface area contributed by atoms with Crippen LogP contribution in [0, 0.1) is 155 Å². The van der Waals surface area contributed by atoms with Crippen LogP contribution in [-0.2, 0) is 0 Å². The molecule has 0 aromatic heterocycles. The fraction of sp³-hybridized carbons (Fsp3) is 0. The summed E-state index contributed by atoms with van der Waals surface area (Å²) in [6.07, 6.45) is 5.42. The van der Waals surface area contributed by atoms with Crippen LogP contribution in [0.15, 0.2) is 16.7 Å². The maximum absolute atomic E-state index is 15.6. The first-order chi connectivity index (χ1) is 24.2. The Morgan fingerprint density at radius 2 is 0.549 bits per heavy atom. The number of halogens is 9. The van der Waals surface area contributed by atoms with Gasteiger partial charge in [-0.15, -0.1) is 6.42 Å². The Labute approximate surface area is 278 Å². The highest BCUT2D eigenvalue weighted by molar-refractivity contribution is 6.12. The summed E-state index contributed by atoms with van der Waals surface area (Å²) in [6, 6.07) is 8.52. The van der Waals surface area contributed by atoms with E-state index in [-0.39, 0.29) is 0 Å². The van der Waals surface area contributed by atoms with Crippen molar-refractivity contribution in [2.75, 3.05) is 0 Å². The fourth-order valence-electron chi connectivity index (χ4n) is 4.95. The smallest absolute Gasteiger partial charge is 0.178 e. The molecule has 8 nitrogen and oxygen atoms in total. The van der Waals surface area contributed by atoms with Crippen LogP contribution in [0.2, 0.25) is 0 Å². The Bertz CT molecular complexity index is 2420. The maximum atomic E-state index is 15.6. The quantitative estimate of drug-likeness (QED) is 0.128. The molecule has 1 aliphatic rings. The summed E-state index contributed by atoms with van der Waals surface area (Å²) in [5.41, 5.74) is -22.3. The lowest BCUT2D eigenvalue weighted by atomic mass is 9.95. The van der Waals surface area contributed by atoms with E-state index in [2.05, 4.69) is 0 Å². The topological polar surface area (TPSA) is 190 Å². The lowest BCUT2D eigenvalue weighted by Gasteiger charge is -2.09. The highest BCUT2D eigenvalue weighted by Crippen LogP contribution is 2.57. The Kier molecular flexibility index (Phi) is 9.13. The summed E-state index contributed by atoms with van der Waals surface area (Å²) >= 11 is 0. The molecule has 240 valence electrons. The van der Waals surface area contributed by atoms with Gasteiger partial charge in [-0.1, -0.05) is 5.92 Å². The van der Waals surface area contributed by atoms with Gasteiger partial charge in [-0.3, -0.25) is 0 Å². The molecular weight excluding hydrogens is 691 g/mol. The van der Waals surface area contributed by atoms with Crippen molar-refractivity contribution in [2.45, 2.75) is 0 Å². The van der Waals surface area contributed by atoms with Crippen molar-refractivity contribution >= 4 is 16.7 Å². The summed E-state index contributed by atoms with van der Waals surface area (Å²) < 4.78 is 138. The number of hydrogen-bond donors (Lipinski definition) is 0. The number of terminal acetylenes is 1. The molecule has 1 aliphatic carbocycles. The minimum Gasteiger partial charge on any atom is -0.205 e. The number of rotatable bonds is 3. The number of benzene rings is 3. The van der Waals surface area contributed by atoms with Gasteiger partial charge < -0.3 is 0 Å².